The Kier molecular flexibility index (Phi) is 7.51. The van der Waals surface area contributed by atoms with E-state index in [9.17, 15) is 15.0 Å². The molecule has 190 valence electrons. The van der Waals surface area contributed by atoms with Crippen LogP contribution in [0, 0.1) is 11.8 Å². The normalized spacial score (nSPS) is 22.3. The van der Waals surface area contributed by atoms with E-state index >= 15 is 0 Å². The highest BCUT2D eigenvalue weighted by Crippen LogP contribution is 2.53. The van der Waals surface area contributed by atoms with Crippen LogP contribution >= 0.6 is 0 Å². The second kappa shape index (κ2) is 10.6. The molecule has 2 aliphatic rings. The van der Waals surface area contributed by atoms with Crippen LogP contribution in [0.1, 0.15) is 35.6 Å². The third-order valence-electron chi connectivity index (χ3n) is 6.39. The highest BCUT2D eigenvalue weighted by molar-refractivity contribution is 5.77. The number of fused-ring (bicyclic) bond motifs is 2. The molecule has 0 spiro atoms. The number of hydrazine groups is 1. The molecule has 0 aromatic heterocycles. The summed E-state index contributed by atoms with van der Waals surface area (Å²) in [6.45, 7) is 1.92. The maximum absolute atomic E-state index is 13.4. The lowest BCUT2D eigenvalue weighted by atomic mass is 9.65. The van der Waals surface area contributed by atoms with Gasteiger partial charge in [-0.3, -0.25) is 0 Å². The van der Waals surface area contributed by atoms with Gasteiger partial charge in [0, 0.05) is 25.0 Å². The summed E-state index contributed by atoms with van der Waals surface area (Å²) >= 11 is 0. The third-order valence-corrected chi connectivity index (χ3v) is 6.39. The summed E-state index contributed by atoms with van der Waals surface area (Å²) in [4.78, 5) is 18.6. The van der Waals surface area contributed by atoms with Crippen LogP contribution in [0.15, 0.2) is 24.3 Å². The molecular formula is C24H30N2O9. The van der Waals surface area contributed by atoms with Gasteiger partial charge in [-0.25, -0.2) is 10.2 Å². The van der Waals surface area contributed by atoms with Crippen LogP contribution < -0.4 is 34.7 Å². The molecule has 0 saturated heterocycles. The zero-order valence-electron chi connectivity index (χ0n) is 20.0. The van der Waals surface area contributed by atoms with Crippen LogP contribution in [0.4, 0.5) is 0 Å². The van der Waals surface area contributed by atoms with E-state index < -0.39 is 36.4 Å². The molecule has 2 aromatic carbocycles. The number of aliphatic hydroxyl groups is 2. The minimum absolute atomic E-state index is 0.0463. The Balaban J connectivity index is 1.93. The van der Waals surface area contributed by atoms with Crippen molar-refractivity contribution in [3.05, 3.63) is 41.0 Å². The average Bonchev–Trinajstić information content (AvgIpc) is 3.34. The first-order chi connectivity index (χ1) is 17.0. The van der Waals surface area contributed by atoms with Gasteiger partial charge in [0.05, 0.1) is 33.4 Å². The number of hydrogen-bond acceptors (Lipinski definition) is 11. The molecule has 1 aliphatic carbocycles. The van der Waals surface area contributed by atoms with Gasteiger partial charge in [0.25, 0.3) is 0 Å². The minimum Gasteiger partial charge on any atom is -0.493 e. The van der Waals surface area contributed by atoms with E-state index in [1.54, 1.807) is 24.3 Å². The maximum atomic E-state index is 13.4. The molecule has 0 bridgehead atoms. The molecule has 4 N–H and O–H groups in total. The van der Waals surface area contributed by atoms with Crippen molar-refractivity contribution in [2.45, 2.75) is 18.9 Å². The lowest BCUT2D eigenvalue weighted by Gasteiger charge is -2.40. The van der Waals surface area contributed by atoms with Gasteiger partial charge in [0.1, 0.15) is 0 Å². The molecule has 1 aliphatic heterocycles. The van der Waals surface area contributed by atoms with Gasteiger partial charge < -0.3 is 38.7 Å². The van der Waals surface area contributed by atoms with Gasteiger partial charge in [-0.15, -0.1) is 0 Å². The van der Waals surface area contributed by atoms with E-state index in [0.29, 0.717) is 52.0 Å². The summed E-state index contributed by atoms with van der Waals surface area (Å²) in [6.07, 6.45) is -1.15. The quantitative estimate of drug-likeness (QED) is 0.300. The van der Waals surface area contributed by atoms with E-state index in [4.69, 9.17) is 28.5 Å². The Bertz CT molecular complexity index is 1050. The fourth-order valence-electron chi connectivity index (χ4n) is 4.79. The van der Waals surface area contributed by atoms with Crippen LogP contribution in [-0.4, -0.2) is 57.5 Å². The second-order valence-corrected chi connectivity index (χ2v) is 8.14. The molecule has 0 saturated carbocycles. The topological polar surface area (TPSA) is 137 Å². The summed E-state index contributed by atoms with van der Waals surface area (Å²) in [5.74, 6) is -1.00. The number of benzene rings is 2. The van der Waals surface area contributed by atoms with E-state index in [1.807, 2.05) is 6.92 Å². The fraction of sp³-hybridized carbons (Fsp3) is 0.458. The first-order valence-corrected chi connectivity index (χ1v) is 11.2. The standard InChI is InChI=1S/C24H30N2O9/c1-5-25-26-35-24(29)21-15(10-27)22(28)14-9-17-16(33-11-34-17)8-13(14)20(21)12-6-18(30-2)23(32-4)19(7-12)31-3/h6-9,15,20-22,25-28H,5,10-11H2,1-4H3/t15-,20+,21-,22-/m0/s1. The summed E-state index contributed by atoms with van der Waals surface area (Å²) in [5, 5.41) is 21.5. The first kappa shape index (κ1) is 24.9. The van der Waals surface area contributed by atoms with E-state index in [1.165, 1.54) is 21.3 Å². The Morgan fingerprint density at radius 2 is 1.66 bits per heavy atom. The van der Waals surface area contributed by atoms with Gasteiger partial charge in [-0.2, -0.15) is 0 Å². The van der Waals surface area contributed by atoms with Gasteiger partial charge in [-0.1, -0.05) is 12.5 Å². The fourth-order valence-corrected chi connectivity index (χ4v) is 4.79. The van der Waals surface area contributed by atoms with Crippen molar-refractivity contribution >= 4 is 5.97 Å². The summed E-state index contributed by atoms with van der Waals surface area (Å²) < 4.78 is 27.6. The lowest BCUT2D eigenvalue weighted by Crippen LogP contribution is -2.44. The Morgan fingerprint density at radius 3 is 2.20 bits per heavy atom. The minimum atomic E-state index is -1.15. The molecule has 0 fully saturated rings. The molecule has 4 atom stereocenters. The molecule has 11 heteroatoms. The number of hydrogen-bond donors (Lipinski definition) is 4. The van der Waals surface area contributed by atoms with Crippen LogP contribution in [-0.2, 0) is 9.63 Å². The molecule has 4 rings (SSSR count). The number of aliphatic hydroxyl groups excluding tert-OH is 2. The zero-order chi connectivity index (χ0) is 25.1. The van der Waals surface area contributed by atoms with Gasteiger partial charge in [-0.05, 0) is 41.0 Å². The molecule has 0 radical (unpaired) electrons. The molecule has 2 aromatic rings. The Labute approximate surface area is 202 Å². The first-order valence-electron chi connectivity index (χ1n) is 11.2. The number of nitrogens with one attached hydrogen (secondary N) is 2. The predicted molar refractivity (Wildman–Crippen MR) is 122 cm³/mol. The van der Waals surface area contributed by atoms with E-state index in [2.05, 4.69) is 11.0 Å². The molecule has 0 amide bonds. The van der Waals surface area contributed by atoms with Crippen molar-refractivity contribution < 1.29 is 43.5 Å². The van der Waals surface area contributed by atoms with Crippen LogP contribution in [0.2, 0.25) is 0 Å². The monoisotopic (exact) mass is 490 g/mol. The Hall–Kier alpha value is -3.25. The summed E-state index contributed by atoms with van der Waals surface area (Å²) in [6, 6.07) is 6.92. The van der Waals surface area contributed by atoms with Gasteiger partial charge >= 0.3 is 5.97 Å². The number of carbonyl (C=O) groups excluding carboxylic acids is 1. The van der Waals surface area contributed by atoms with E-state index in [0.717, 1.165) is 0 Å². The predicted octanol–water partition coefficient (Wildman–Crippen LogP) is 1.42. The smallest absolute Gasteiger partial charge is 0.331 e. The summed E-state index contributed by atoms with van der Waals surface area (Å²) in [5.41, 5.74) is 6.92. The van der Waals surface area contributed by atoms with Crippen molar-refractivity contribution in [3.8, 4) is 28.7 Å². The highest BCUT2D eigenvalue weighted by atomic mass is 16.7. The third kappa shape index (κ3) is 4.43. The second-order valence-electron chi connectivity index (χ2n) is 8.14. The molecular weight excluding hydrogens is 460 g/mol. The molecule has 0 unspecified atom stereocenters. The number of ether oxygens (including phenoxy) is 5. The lowest BCUT2D eigenvalue weighted by molar-refractivity contribution is -0.165. The molecule has 1 heterocycles. The van der Waals surface area contributed by atoms with Crippen LogP contribution in [0.5, 0.6) is 28.7 Å². The van der Waals surface area contributed by atoms with Crippen molar-refractivity contribution in [1.82, 2.24) is 11.0 Å². The number of methoxy groups -OCH3 is 3. The molecule has 35 heavy (non-hydrogen) atoms. The maximum Gasteiger partial charge on any atom is 0.331 e. The van der Waals surface area contributed by atoms with Crippen molar-refractivity contribution in [2.24, 2.45) is 11.8 Å². The number of carbonyl (C=O) groups is 1. The van der Waals surface area contributed by atoms with Crippen molar-refractivity contribution in [2.75, 3.05) is 41.3 Å². The Morgan fingerprint density at radius 1 is 1.03 bits per heavy atom. The molecule has 11 nitrogen and oxygen atoms in total. The van der Waals surface area contributed by atoms with Gasteiger partial charge in [0.15, 0.2) is 23.0 Å². The van der Waals surface area contributed by atoms with Crippen molar-refractivity contribution in [3.63, 3.8) is 0 Å². The van der Waals surface area contributed by atoms with Crippen LogP contribution in [0.3, 0.4) is 0 Å². The largest absolute Gasteiger partial charge is 0.493 e. The van der Waals surface area contributed by atoms with E-state index in [-0.39, 0.29) is 6.79 Å². The zero-order valence-corrected chi connectivity index (χ0v) is 20.0. The summed E-state index contributed by atoms with van der Waals surface area (Å²) in [7, 11) is 4.50. The average molecular weight is 491 g/mol. The highest BCUT2D eigenvalue weighted by Gasteiger charge is 2.48. The SMILES string of the molecule is CCNNOC(=O)[C@@H]1[C@H](c2cc(OC)c(OC)c(OC)c2)c2cc3c(cc2[C@H](O)[C@H]1CO)OCO3. The van der Waals surface area contributed by atoms with Gasteiger partial charge in [0.2, 0.25) is 12.5 Å². The van der Waals surface area contributed by atoms with Crippen LogP contribution in [0.25, 0.3) is 0 Å². The van der Waals surface area contributed by atoms with Crippen molar-refractivity contribution in [1.29, 1.82) is 0 Å². The number of rotatable bonds is 9.